The number of hydroxylamine groups is 1. The highest BCUT2D eigenvalue weighted by Gasteiger charge is 2.32. The Labute approximate surface area is 48.9 Å². The Kier molecular flexibility index (Phi) is 1.51. The van der Waals surface area contributed by atoms with E-state index in [1.165, 1.54) is 0 Å². The second-order valence-electron chi connectivity index (χ2n) is 2.36. The van der Waals surface area contributed by atoms with Gasteiger partial charge in [-0.3, -0.25) is 0 Å². The molecule has 48 valence electrons. The lowest BCUT2D eigenvalue weighted by molar-refractivity contribution is -0.130. The van der Waals surface area contributed by atoms with Crippen molar-refractivity contribution < 1.29 is 9.57 Å². The van der Waals surface area contributed by atoms with Gasteiger partial charge in [-0.2, -0.15) is 5.48 Å². The molecule has 1 heterocycles. The van der Waals surface area contributed by atoms with Crippen LogP contribution in [0.3, 0.4) is 0 Å². The maximum Gasteiger partial charge on any atom is 0.0869 e. The van der Waals surface area contributed by atoms with Crippen LogP contribution in [-0.4, -0.2) is 25.9 Å². The maximum atomic E-state index is 4.95. The summed E-state index contributed by atoms with van der Waals surface area (Å²) in [5, 5.41) is 0. The summed E-state index contributed by atoms with van der Waals surface area (Å²) in [5.74, 6) is 0. The summed E-state index contributed by atoms with van der Waals surface area (Å²) in [6, 6.07) is 0. The molecule has 0 aromatic carbocycles. The summed E-state index contributed by atoms with van der Waals surface area (Å²) in [7, 11) is 1.61. The molecule has 0 unspecified atom stereocenters. The van der Waals surface area contributed by atoms with Gasteiger partial charge in [0, 0.05) is 0 Å². The van der Waals surface area contributed by atoms with Crippen LogP contribution in [0.4, 0.5) is 0 Å². The number of ether oxygens (including phenoxy) is 1. The Morgan fingerprint density at radius 2 is 2.25 bits per heavy atom. The summed E-state index contributed by atoms with van der Waals surface area (Å²) < 4.78 is 4.95. The van der Waals surface area contributed by atoms with Gasteiger partial charge in [-0.15, -0.1) is 0 Å². The van der Waals surface area contributed by atoms with Crippen LogP contribution in [-0.2, 0) is 9.57 Å². The van der Waals surface area contributed by atoms with E-state index in [-0.39, 0.29) is 5.54 Å². The van der Waals surface area contributed by atoms with Gasteiger partial charge in [0.25, 0.3) is 0 Å². The molecule has 1 fully saturated rings. The summed E-state index contributed by atoms with van der Waals surface area (Å²) in [4.78, 5) is 4.72. The Morgan fingerprint density at radius 1 is 1.62 bits per heavy atom. The first-order chi connectivity index (χ1) is 3.77. The fourth-order valence-corrected chi connectivity index (χ4v) is 0.714. The van der Waals surface area contributed by atoms with Gasteiger partial charge in [-0.05, 0) is 6.92 Å². The molecular weight excluding hydrogens is 106 g/mol. The highest BCUT2D eigenvalue weighted by atomic mass is 16.6. The predicted octanol–water partition coefficient (Wildman–Crippen LogP) is -0.0737. The van der Waals surface area contributed by atoms with Crippen molar-refractivity contribution >= 4 is 0 Å². The van der Waals surface area contributed by atoms with Crippen molar-refractivity contribution in [2.45, 2.75) is 12.5 Å². The molecule has 0 amide bonds. The van der Waals surface area contributed by atoms with Gasteiger partial charge in [0.2, 0.25) is 0 Å². The van der Waals surface area contributed by atoms with Gasteiger partial charge in [-0.1, -0.05) is 0 Å². The minimum Gasteiger partial charge on any atom is -0.377 e. The van der Waals surface area contributed by atoms with E-state index < -0.39 is 0 Å². The van der Waals surface area contributed by atoms with E-state index in [4.69, 9.17) is 9.57 Å². The van der Waals surface area contributed by atoms with Crippen LogP contribution in [0.15, 0.2) is 0 Å². The van der Waals surface area contributed by atoms with E-state index in [9.17, 15) is 0 Å². The van der Waals surface area contributed by atoms with Crippen LogP contribution in [0.25, 0.3) is 0 Å². The Morgan fingerprint density at radius 3 is 2.38 bits per heavy atom. The molecule has 0 bridgehead atoms. The Balaban J connectivity index is 2.20. The molecule has 1 rings (SSSR count). The highest BCUT2D eigenvalue weighted by Crippen LogP contribution is 2.14. The average Bonchev–Trinajstić information content (AvgIpc) is 1.64. The first-order valence-corrected chi connectivity index (χ1v) is 2.65. The standard InChI is InChI=1S/C5H11NO2/c1-5(6-7-2)3-8-4-5/h6H,3-4H2,1-2H3. The van der Waals surface area contributed by atoms with Gasteiger partial charge in [0.15, 0.2) is 0 Å². The van der Waals surface area contributed by atoms with E-state index in [1.807, 2.05) is 0 Å². The van der Waals surface area contributed by atoms with Crippen molar-refractivity contribution in [2.24, 2.45) is 0 Å². The average molecular weight is 117 g/mol. The summed E-state index contributed by atoms with van der Waals surface area (Å²) in [6.45, 7) is 3.56. The number of rotatable bonds is 2. The lowest BCUT2D eigenvalue weighted by Gasteiger charge is -2.37. The van der Waals surface area contributed by atoms with Crippen LogP contribution in [0.1, 0.15) is 6.92 Å². The molecule has 0 saturated carbocycles. The third kappa shape index (κ3) is 0.992. The van der Waals surface area contributed by atoms with Crippen LogP contribution in [0.2, 0.25) is 0 Å². The number of hydrogen-bond donors (Lipinski definition) is 1. The first kappa shape index (κ1) is 6.01. The molecule has 0 aliphatic carbocycles. The SMILES string of the molecule is CONC1(C)COC1. The van der Waals surface area contributed by atoms with Crippen molar-refractivity contribution in [3.05, 3.63) is 0 Å². The maximum absolute atomic E-state index is 4.95. The molecule has 1 saturated heterocycles. The Hall–Kier alpha value is -0.120. The fraction of sp³-hybridized carbons (Fsp3) is 1.00. The van der Waals surface area contributed by atoms with E-state index in [2.05, 4.69) is 12.4 Å². The Bertz CT molecular complexity index is 80.5. The van der Waals surface area contributed by atoms with E-state index in [0.717, 1.165) is 13.2 Å². The monoisotopic (exact) mass is 117 g/mol. The smallest absolute Gasteiger partial charge is 0.0869 e. The molecule has 1 aliphatic heterocycles. The second-order valence-corrected chi connectivity index (χ2v) is 2.36. The normalized spacial score (nSPS) is 24.8. The number of hydrogen-bond acceptors (Lipinski definition) is 3. The third-order valence-electron chi connectivity index (χ3n) is 1.19. The van der Waals surface area contributed by atoms with Crippen molar-refractivity contribution in [1.29, 1.82) is 0 Å². The van der Waals surface area contributed by atoms with Gasteiger partial charge in [0.05, 0.1) is 25.9 Å². The molecular formula is C5H11NO2. The molecule has 3 nitrogen and oxygen atoms in total. The fourth-order valence-electron chi connectivity index (χ4n) is 0.714. The molecule has 1 aliphatic rings. The van der Waals surface area contributed by atoms with Gasteiger partial charge < -0.3 is 9.57 Å². The van der Waals surface area contributed by atoms with Gasteiger partial charge >= 0.3 is 0 Å². The zero-order valence-electron chi connectivity index (χ0n) is 5.23. The van der Waals surface area contributed by atoms with Crippen LogP contribution >= 0.6 is 0 Å². The predicted molar refractivity (Wildman–Crippen MR) is 29.4 cm³/mol. The zero-order chi connectivity index (χ0) is 6.04. The van der Waals surface area contributed by atoms with E-state index in [0.29, 0.717) is 0 Å². The first-order valence-electron chi connectivity index (χ1n) is 2.65. The summed E-state index contributed by atoms with van der Waals surface area (Å²) in [6.07, 6.45) is 0. The molecule has 0 atom stereocenters. The van der Waals surface area contributed by atoms with Crippen molar-refractivity contribution in [3.8, 4) is 0 Å². The molecule has 8 heavy (non-hydrogen) atoms. The van der Waals surface area contributed by atoms with Gasteiger partial charge in [-0.25, -0.2) is 0 Å². The van der Waals surface area contributed by atoms with Crippen molar-refractivity contribution in [3.63, 3.8) is 0 Å². The minimum atomic E-state index is 0.0781. The molecule has 3 heteroatoms. The molecule has 0 aromatic heterocycles. The molecule has 1 N–H and O–H groups in total. The van der Waals surface area contributed by atoms with Crippen molar-refractivity contribution in [2.75, 3.05) is 20.3 Å². The van der Waals surface area contributed by atoms with E-state index >= 15 is 0 Å². The highest BCUT2D eigenvalue weighted by molar-refractivity contribution is 4.86. The van der Waals surface area contributed by atoms with E-state index in [1.54, 1.807) is 7.11 Å². The van der Waals surface area contributed by atoms with Crippen LogP contribution in [0.5, 0.6) is 0 Å². The summed E-state index contributed by atoms with van der Waals surface area (Å²) in [5.41, 5.74) is 2.91. The largest absolute Gasteiger partial charge is 0.377 e. The number of nitrogens with one attached hydrogen (secondary N) is 1. The lowest BCUT2D eigenvalue weighted by Crippen LogP contribution is -2.57. The summed E-state index contributed by atoms with van der Waals surface area (Å²) >= 11 is 0. The molecule has 0 aromatic rings. The third-order valence-corrected chi connectivity index (χ3v) is 1.19. The lowest BCUT2D eigenvalue weighted by atomic mass is 10.0. The minimum absolute atomic E-state index is 0.0781. The van der Waals surface area contributed by atoms with Crippen LogP contribution in [0, 0.1) is 0 Å². The quantitative estimate of drug-likeness (QED) is 0.513. The van der Waals surface area contributed by atoms with Gasteiger partial charge in [0.1, 0.15) is 0 Å². The van der Waals surface area contributed by atoms with Crippen LogP contribution < -0.4 is 5.48 Å². The topological polar surface area (TPSA) is 30.5 Å². The molecule has 0 spiro atoms. The second kappa shape index (κ2) is 2.01. The molecule has 0 radical (unpaired) electrons. The zero-order valence-corrected chi connectivity index (χ0v) is 5.23. The van der Waals surface area contributed by atoms with Crippen molar-refractivity contribution in [1.82, 2.24) is 5.48 Å².